The average molecular weight is 560 g/mol. The van der Waals surface area contributed by atoms with Crippen LogP contribution in [0.25, 0.3) is 11.0 Å². The van der Waals surface area contributed by atoms with Crippen molar-refractivity contribution < 1.29 is 32.5 Å². The van der Waals surface area contributed by atoms with Crippen LogP contribution in [0.1, 0.15) is 53.7 Å². The minimum Gasteiger partial charge on any atom is -0.444 e. The highest BCUT2D eigenvalue weighted by Gasteiger charge is 2.48. The number of hydrogen-bond donors (Lipinski definition) is 1. The molecule has 0 aromatic carbocycles. The third-order valence-corrected chi connectivity index (χ3v) is 6.91. The van der Waals surface area contributed by atoms with E-state index in [9.17, 15) is 13.6 Å². The van der Waals surface area contributed by atoms with Crippen molar-refractivity contribution in [2.45, 2.75) is 89.2 Å². The van der Waals surface area contributed by atoms with Crippen molar-refractivity contribution in [2.75, 3.05) is 26.7 Å². The van der Waals surface area contributed by atoms with Gasteiger partial charge < -0.3 is 28.8 Å². The molecule has 2 fully saturated rings. The molecular formula is C25H36ClF2N5O5. The van der Waals surface area contributed by atoms with Crippen LogP contribution in [-0.2, 0) is 18.9 Å². The fourth-order valence-corrected chi connectivity index (χ4v) is 5.09. The summed E-state index contributed by atoms with van der Waals surface area (Å²) < 4.78 is 54.2. The third kappa shape index (κ3) is 6.90. The third-order valence-electron chi connectivity index (χ3n) is 6.61. The van der Waals surface area contributed by atoms with Gasteiger partial charge in [-0.05, 0) is 40.7 Å². The largest absolute Gasteiger partial charge is 0.444 e. The summed E-state index contributed by atoms with van der Waals surface area (Å²) in [5.41, 5.74) is -0.106. The monoisotopic (exact) mass is 559 g/mol. The Labute approximate surface area is 225 Å². The van der Waals surface area contributed by atoms with E-state index in [1.807, 2.05) is 4.57 Å². The molecule has 0 saturated carbocycles. The Kier molecular flexibility index (Phi) is 8.21. The van der Waals surface area contributed by atoms with E-state index < -0.39 is 54.4 Å². The highest BCUT2D eigenvalue weighted by atomic mass is 35.5. The van der Waals surface area contributed by atoms with Gasteiger partial charge in [0.1, 0.15) is 28.8 Å². The summed E-state index contributed by atoms with van der Waals surface area (Å²) >= 11 is 6.24. The van der Waals surface area contributed by atoms with Crippen LogP contribution >= 0.6 is 11.6 Å². The van der Waals surface area contributed by atoms with Gasteiger partial charge in [0.2, 0.25) is 0 Å². The second-order valence-electron chi connectivity index (χ2n) is 11.3. The van der Waals surface area contributed by atoms with Crippen LogP contribution in [0.15, 0.2) is 18.6 Å². The summed E-state index contributed by atoms with van der Waals surface area (Å²) in [5.74, 6) is -3.78. The average Bonchev–Trinajstić information content (AvgIpc) is 3.46. The molecule has 10 nitrogen and oxygen atoms in total. The molecule has 0 bridgehead atoms. The molecular weight excluding hydrogens is 524 g/mol. The minimum atomic E-state index is -2.88. The van der Waals surface area contributed by atoms with Crippen molar-refractivity contribution in [2.24, 2.45) is 0 Å². The number of amides is 1. The Hall–Kier alpha value is -2.12. The van der Waals surface area contributed by atoms with Crippen LogP contribution in [0, 0.1) is 0 Å². The van der Waals surface area contributed by atoms with Gasteiger partial charge in [-0.25, -0.2) is 23.5 Å². The van der Waals surface area contributed by atoms with Crippen molar-refractivity contribution in [1.82, 2.24) is 24.8 Å². The molecule has 2 aromatic rings. The zero-order valence-electron chi connectivity index (χ0n) is 22.5. The van der Waals surface area contributed by atoms with Crippen LogP contribution in [0.2, 0.25) is 5.15 Å². The molecule has 2 saturated heterocycles. The summed E-state index contributed by atoms with van der Waals surface area (Å²) in [6.07, 6.45) is 1.12. The molecule has 2 aliphatic rings. The van der Waals surface area contributed by atoms with E-state index >= 15 is 0 Å². The van der Waals surface area contributed by atoms with Gasteiger partial charge in [0.15, 0.2) is 12.0 Å². The van der Waals surface area contributed by atoms with Gasteiger partial charge >= 0.3 is 6.09 Å². The number of halogens is 3. The maximum atomic E-state index is 14.5. The quantitative estimate of drug-likeness (QED) is 0.376. The Morgan fingerprint density at radius 3 is 2.71 bits per heavy atom. The first-order valence-electron chi connectivity index (χ1n) is 12.6. The number of methoxy groups -OCH3 is 1. The Morgan fingerprint density at radius 1 is 1.29 bits per heavy atom. The lowest BCUT2D eigenvalue weighted by Crippen LogP contribution is -2.44. The lowest BCUT2D eigenvalue weighted by atomic mass is 10.1. The van der Waals surface area contributed by atoms with E-state index in [-0.39, 0.29) is 19.5 Å². The number of likely N-dealkylation sites (tertiary alicyclic amines) is 1. The molecule has 2 aliphatic heterocycles. The highest BCUT2D eigenvalue weighted by Crippen LogP contribution is 2.39. The molecule has 38 heavy (non-hydrogen) atoms. The maximum Gasteiger partial charge on any atom is 0.407 e. The topological polar surface area (TPSA) is 100.0 Å². The minimum absolute atomic E-state index is 0.0367. The summed E-state index contributed by atoms with van der Waals surface area (Å²) in [6, 6.07) is 1.22. The predicted molar refractivity (Wildman–Crippen MR) is 136 cm³/mol. The van der Waals surface area contributed by atoms with Crippen molar-refractivity contribution in [3.8, 4) is 0 Å². The number of aromatic nitrogens is 3. The fraction of sp³-hybridized carbons (Fsp3) is 0.720. The number of nitrogens with zero attached hydrogens (tertiary/aromatic N) is 4. The number of rotatable bonds is 8. The number of carbonyl (C=O) groups excluding carboxylic acids is 1. The molecule has 2 aromatic heterocycles. The van der Waals surface area contributed by atoms with Gasteiger partial charge in [-0.2, -0.15) is 0 Å². The summed E-state index contributed by atoms with van der Waals surface area (Å²) in [5, 5.41) is 3.61. The first-order chi connectivity index (χ1) is 17.7. The number of hydrogen-bond acceptors (Lipinski definition) is 8. The smallest absolute Gasteiger partial charge is 0.407 e. The van der Waals surface area contributed by atoms with Crippen LogP contribution in [-0.4, -0.2) is 87.8 Å². The number of alkyl halides is 2. The number of alkyl carbamates (subject to hydrolysis) is 1. The van der Waals surface area contributed by atoms with Crippen molar-refractivity contribution in [3.05, 3.63) is 23.7 Å². The van der Waals surface area contributed by atoms with Gasteiger partial charge in [-0.1, -0.05) is 11.6 Å². The second kappa shape index (κ2) is 10.8. The second-order valence-corrected chi connectivity index (χ2v) is 11.7. The molecule has 4 rings (SSSR count). The lowest BCUT2D eigenvalue weighted by molar-refractivity contribution is -0.237. The first-order valence-corrected chi connectivity index (χ1v) is 13.0. The molecule has 0 radical (unpaired) electrons. The summed E-state index contributed by atoms with van der Waals surface area (Å²) in [4.78, 5) is 22.2. The fourth-order valence-electron chi connectivity index (χ4n) is 4.90. The van der Waals surface area contributed by atoms with E-state index in [1.54, 1.807) is 58.9 Å². The molecule has 13 heteroatoms. The molecule has 1 amide bonds. The Bertz CT molecular complexity index is 1140. The van der Waals surface area contributed by atoms with Crippen LogP contribution in [0.3, 0.4) is 0 Å². The van der Waals surface area contributed by atoms with E-state index in [1.165, 1.54) is 6.33 Å². The normalized spacial score (nSPS) is 26.2. The molecule has 212 valence electrons. The number of ether oxygens (including phenoxy) is 4. The molecule has 4 heterocycles. The predicted octanol–water partition coefficient (Wildman–Crippen LogP) is 4.37. The number of nitrogens with one attached hydrogen (secondary N) is 1. The van der Waals surface area contributed by atoms with Gasteiger partial charge in [0.05, 0.1) is 18.0 Å². The van der Waals surface area contributed by atoms with Crippen LogP contribution in [0.5, 0.6) is 0 Å². The highest BCUT2D eigenvalue weighted by molar-refractivity contribution is 6.33. The lowest BCUT2D eigenvalue weighted by Gasteiger charge is -2.30. The van der Waals surface area contributed by atoms with Gasteiger partial charge in [-0.3, -0.25) is 4.90 Å². The van der Waals surface area contributed by atoms with E-state index in [0.717, 1.165) is 0 Å². The summed E-state index contributed by atoms with van der Waals surface area (Å²) in [6.45, 7) is 8.66. The van der Waals surface area contributed by atoms with Crippen LogP contribution in [0.4, 0.5) is 13.6 Å². The molecule has 4 atom stereocenters. The van der Waals surface area contributed by atoms with E-state index in [4.69, 9.17) is 30.5 Å². The van der Waals surface area contributed by atoms with Gasteiger partial charge in [0.25, 0.3) is 5.92 Å². The standard InChI is InChI=1S/C25H36ClF2N5O5/c1-23(2,3)38-22(34)29-11-15-10-25(27,28)13-32(15)12-16-9-18(37-24(4,5)35-6)21(36-16)33-8-7-17-19(26)30-14-31-20(17)33/h7-8,14-16,18,21H,9-13H2,1-6H3,(H,29,34)/t15-,16-,18+,21+/m0/s1. The SMILES string of the molecule is COC(C)(C)O[C@@H]1C[C@@H](CN2CC(F)(F)C[C@H]2CNC(=O)OC(C)(C)C)O[C@H]1n1ccc2c(Cl)ncnc21. The zero-order valence-corrected chi connectivity index (χ0v) is 23.3. The molecule has 0 aliphatic carbocycles. The van der Waals surface area contributed by atoms with Crippen molar-refractivity contribution in [3.63, 3.8) is 0 Å². The molecule has 0 spiro atoms. The number of fused-ring (bicyclic) bond motifs is 1. The Morgan fingerprint density at radius 2 is 2.03 bits per heavy atom. The first kappa shape index (κ1) is 28.9. The molecule has 1 N–H and O–H groups in total. The maximum absolute atomic E-state index is 14.5. The van der Waals surface area contributed by atoms with Gasteiger partial charge in [-0.15, -0.1) is 0 Å². The van der Waals surface area contributed by atoms with E-state index in [0.29, 0.717) is 22.6 Å². The molecule has 0 unspecified atom stereocenters. The number of carbonyl (C=O) groups is 1. The Balaban J connectivity index is 1.50. The zero-order chi connectivity index (χ0) is 27.9. The van der Waals surface area contributed by atoms with Crippen molar-refractivity contribution >= 4 is 28.7 Å². The van der Waals surface area contributed by atoms with Gasteiger partial charge in [0, 0.05) is 45.3 Å². The summed E-state index contributed by atoms with van der Waals surface area (Å²) in [7, 11) is 1.55. The van der Waals surface area contributed by atoms with Crippen molar-refractivity contribution in [1.29, 1.82) is 0 Å². The van der Waals surface area contributed by atoms with Crippen LogP contribution < -0.4 is 5.32 Å². The van der Waals surface area contributed by atoms with E-state index in [2.05, 4.69) is 15.3 Å².